The zero-order valence-electron chi connectivity index (χ0n) is 17.6. The summed E-state index contributed by atoms with van der Waals surface area (Å²) in [5, 5.41) is 15.2. The van der Waals surface area contributed by atoms with Gasteiger partial charge in [-0.05, 0) is 65.5 Å². The van der Waals surface area contributed by atoms with E-state index in [1.807, 2.05) is 29.5 Å². The number of carbonyl (C=O) groups is 1. The van der Waals surface area contributed by atoms with E-state index in [0.717, 1.165) is 23.9 Å². The molecule has 2 heterocycles. The largest absolute Gasteiger partial charge is 0.497 e. The summed E-state index contributed by atoms with van der Waals surface area (Å²) in [6, 6.07) is 13.7. The van der Waals surface area contributed by atoms with Crippen molar-refractivity contribution in [2.45, 2.75) is 23.9 Å². The zero-order valence-corrected chi connectivity index (χ0v) is 19.2. The molecule has 8 nitrogen and oxygen atoms in total. The third kappa shape index (κ3) is 5.63. The van der Waals surface area contributed by atoms with Gasteiger partial charge < -0.3 is 15.0 Å². The van der Waals surface area contributed by atoms with Gasteiger partial charge in [-0.15, -0.1) is 11.3 Å². The average Bonchev–Trinajstić information content (AvgIpc) is 3.39. The molecule has 1 saturated heterocycles. The van der Waals surface area contributed by atoms with Crippen LogP contribution in [0.5, 0.6) is 5.75 Å². The first-order valence-electron chi connectivity index (χ1n) is 9.74. The Balaban J connectivity index is 0.000000181. The minimum absolute atomic E-state index is 0.0333. The highest BCUT2D eigenvalue weighted by molar-refractivity contribution is 7.85. The lowest BCUT2D eigenvalue weighted by atomic mass is 10.1. The van der Waals surface area contributed by atoms with E-state index in [1.54, 1.807) is 18.2 Å². The molecule has 0 radical (unpaired) electrons. The fourth-order valence-electron chi connectivity index (χ4n) is 3.39. The van der Waals surface area contributed by atoms with Crippen molar-refractivity contribution in [3.05, 3.63) is 58.3 Å². The molecule has 2 N–H and O–H groups in total. The first kappa shape index (κ1) is 23.7. The Labute approximate surface area is 190 Å². The molecule has 4 rings (SSSR count). The standard InChI is InChI=1S/C11H13N3OS.C11H10O4S/c1-13-10-2-3-14(11(10)15)6-8-4-9(5-12)16-7-8;1-15-10-4-2-8-3-5-11(16(12,13)14)7-9(8)6-10/h4,7,10,13H,2-3,6H2,1H3;2-7H,1H3,(H,12,13,14)/t10-;/m0./s1. The van der Waals surface area contributed by atoms with Crippen LogP contribution in [-0.4, -0.2) is 50.5 Å². The first-order valence-corrected chi connectivity index (χ1v) is 12.1. The summed E-state index contributed by atoms with van der Waals surface area (Å²) < 4.78 is 35.9. The summed E-state index contributed by atoms with van der Waals surface area (Å²) in [7, 11) is -0.809. The lowest BCUT2D eigenvalue weighted by molar-refractivity contribution is -0.129. The van der Waals surface area contributed by atoms with Gasteiger partial charge in [-0.3, -0.25) is 9.35 Å². The molecule has 1 aliphatic heterocycles. The Morgan fingerprint density at radius 3 is 2.59 bits per heavy atom. The number of carbonyl (C=O) groups excluding carboxylic acids is 1. The molecule has 10 heteroatoms. The molecule has 168 valence electrons. The second kappa shape index (κ2) is 10.1. The minimum atomic E-state index is -4.15. The highest BCUT2D eigenvalue weighted by Crippen LogP contribution is 2.23. The van der Waals surface area contributed by atoms with Gasteiger partial charge in [0.15, 0.2) is 0 Å². The number of rotatable bonds is 5. The second-order valence-electron chi connectivity index (χ2n) is 7.17. The third-order valence-electron chi connectivity index (χ3n) is 5.10. The number of nitrogens with zero attached hydrogens (tertiary/aromatic N) is 2. The molecule has 0 unspecified atom stereocenters. The van der Waals surface area contributed by atoms with Crippen molar-refractivity contribution in [1.82, 2.24) is 10.2 Å². The van der Waals surface area contributed by atoms with Crippen molar-refractivity contribution >= 4 is 38.1 Å². The highest BCUT2D eigenvalue weighted by Gasteiger charge is 2.30. The number of hydrogen-bond acceptors (Lipinski definition) is 7. The van der Waals surface area contributed by atoms with Gasteiger partial charge in [-0.25, -0.2) is 0 Å². The summed E-state index contributed by atoms with van der Waals surface area (Å²) >= 11 is 1.43. The smallest absolute Gasteiger partial charge is 0.294 e. The van der Waals surface area contributed by atoms with Gasteiger partial charge >= 0.3 is 0 Å². The normalized spacial score (nSPS) is 15.9. The van der Waals surface area contributed by atoms with Crippen molar-refractivity contribution in [2.24, 2.45) is 0 Å². The third-order valence-corrected chi connectivity index (χ3v) is 6.83. The maximum absolute atomic E-state index is 11.8. The number of likely N-dealkylation sites (N-methyl/N-ethyl adjacent to an activating group) is 1. The number of likely N-dealkylation sites (tertiary alicyclic amines) is 1. The molecule has 1 aromatic heterocycles. The van der Waals surface area contributed by atoms with Gasteiger partial charge in [-0.1, -0.05) is 12.1 Å². The Hall–Kier alpha value is -2.97. The number of amides is 1. The van der Waals surface area contributed by atoms with E-state index in [9.17, 15) is 13.2 Å². The van der Waals surface area contributed by atoms with Crippen LogP contribution in [0.2, 0.25) is 0 Å². The van der Waals surface area contributed by atoms with Crippen molar-refractivity contribution in [3.8, 4) is 11.8 Å². The van der Waals surface area contributed by atoms with Crippen LogP contribution in [0.3, 0.4) is 0 Å². The van der Waals surface area contributed by atoms with Gasteiger partial charge in [0.1, 0.15) is 16.7 Å². The molecular weight excluding hydrogens is 450 g/mol. The summed E-state index contributed by atoms with van der Waals surface area (Å²) in [6.07, 6.45) is 0.866. The van der Waals surface area contributed by atoms with Crippen LogP contribution in [0.4, 0.5) is 0 Å². The molecule has 2 aromatic carbocycles. The van der Waals surface area contributed by atoms with Gasteiger partial charge in [-0.2, -0.15) is 13.7 Å². The molecule has 3 aromatic rings. The van der Waals surface area contributed by atoms with Crippen molar-refractivity contribution in [1.29, 1.82) is 5.26 Å². The van der Waals surface area contributed by atoms with E-state index in [4.69, 9.17) is 14.6 Å². The minimum Gasteiger partial charge on any atom is -0.497 e. The van der Waals surface area contributed by atoms with Crippen LogP contribution < -0.4 is 10.1 Å². The number of ether oxygens (including phenoxy) is 1. The molecule has 1 fully saturated rings. The maximum atomic E-state index is 11.8. The highest BCUT2D eigenvalue weighted by atomic mass is 32.2. The molecule has 0 saturated carbocycles. The topological polar surface area (TPSA) is 120 Å². The molecule has 32 heavy (non-hydrogen) atoms. The maximum Gasteiger partial charge on any atom is 0.294 e. The predicted molar refractivity (Wildman–Crippen MR) is 122 cm³/mol. The number of fused-ring (bicyclic) bond motifs is 1. The lowest BCUT2D eigenvalue weighted by Gasteiger charge is -2.15. The Morgan fingerprint density at radius 1 is 1.25 bits per heavy atom. The van der Waals surface area contributed by atoms with E-state index in [2.05, 4.69) is 11.4 Å². The van der Waals surface area contributed by atoms with Gasteiger partial charge in [0.05, 0.1) is 18.0 Å². The van der Waals surface area contributed by atoms with Crippen LogP contribution in [0.1, 0.15) is 16.9 Å². The number of methoxy groups -OCH3 is 1. The molecule has 1 amide bonds. The van der Waals surface area contributed by atoms with Gasteiger partial charge in [0, 0.05) is 13.1 Å². The van der Waals surface area contributed by atoms with Gasteiger partial charge in [0.2, 0.25) is 5.91 Å². The van der Waals surface area contributed by atoms with Crippen LogP contribution >= 0.6 is 11.3 Å². The first-order chi connectivity index (χ1) is 15.2. The lowest BCUT2D eigenvalue weighted by Crippen LogP contribution is -2.35. The number of benzene rings is 2. The zero-order chi connectivity index (χ0) is 23.3. The Bertz CT molecular complexity index is 1260. The van der Waals surface area contributed by atoms with Crippen molar-refractivity contribution < 1.29 is 22.5 Å². The van der Waals surface area contributed by atoms with E-state index in [1.165, 1.54) is 30.6 Å². The van der Waals surface area contributed by atoms with Crippen molar-refractivity contribution in [2.75, 3.05) is 20.7 Å². The van der Waals surface area contributed by atoms with E-state index >= 15 is 0 Å². The number of thiophene rings is 1. The van der Waals surface area contributed by atoms with Crippen LogP contribution in [-0.2, 0) is 21.5 Å². The fraction of sp³-hybridized carbons (Fsp3) is 0.273. The SMILES string of the molecule is CN[C@H]1CCN(Cc2csc(C#N)c2)C1=O.COc1ccc2ccc(S(=O)(=O)O)cc2c1. The molecule has 0 aliphatic carbocycles. The van der Waals surface area contributed by atoms with Crippen LogP contribution in [0, 0.1) is 11.3 Å². The summed E-state index contributed by atoms with van der Waals surface area (Å²) in [4.78, 5) is 14.2. The molecule has 0 bridgehead atoms. The van der Waals surface area contributed by atoms with Crippen LogP contribution in [0.25, 0.3) is 10.8 Å². The molecule has 1 atom stereocenters. The number of hydrogen-bond donors (Lipinski definition) is 2. The summed E-state index contributed by atoms with van der Waals surface area (Å²) in [6.45, 7) is 1.41. The number of nitrogens with one attached hydrogen (secondary N) is 1. The second-order valence-corrected chi connectivity index (χ2v) is 9.50. The average molecular weight is 474 g/mol. The molecule has 1 aliphatic rings. The summed E-state index contributed by atoms with van der Waals surface area (Å²) in [5.74, 6) is 0.798. The summed E-state index contributed by atoms with van der Waals surface area (Å²) in [5.41, 5.74) is 1.05. The Morgan fingerprint density at radius 2 is 2.00 bits per heavy atom. The van der Waals surface area contributed by atoms with Crippen molar-refractivity contribution in [3.63, 3.8) is 0 Å². The van der Waals surface area contributed by atoms with Crippen LogP contribution in [0.15, 0.2) is 52.7 Å². The van der Waals surface area contributed by atoms with E-state index < -0.39 is 10.1 Å². The van der Waals surface area contributed by atoms with E-state index in [0.29, 0.717) is 22.6 Å². The number of nitriles is 1. The van der Waals surface area contributed by atoms with E-state index in [-0.39, 0.29) is 16.8 Å². The Kier molecular flexibility index (Phi) is 7.48. The monoisotopic (exact) mass is 473 g/mol. The molecule has 0 spiro atoms. The predicted octanol–water partition coefficient (Wildman–Crippen LogP) is 3.04. The van der Waals surface area contributed by atoms with Gasteiger partial charge in [0.25, 0.3) is 10.1 Å². The molecular formula is C22H23N3O5S2. The fourth-order valence-corrected chi connectivity index (χ4v) is 4.60. The quantitative estimate of drug-likeness (QED) is 0.547.